The van der Waals surface area contributed by atoms with Crippen molar-refractivity contribution in [2.24, 2.45) is 5.41 Å². The monoisotopic (exact) mass is 330 g/mol. The second-order valence-corrected chi connectivity index (χ2v) is 9.25. The van der Waals surface area contributed by atoms with Gasteiger partial charge in [-0.15, -0.1) is 0 Å². The molecular formula is C21H30OS. The maximum atomic E-state index is 12.7. The highest BCUT2D eigenvalue weighted by atomic mass is 32.2. The van der Waals surface area contributed by atoms with Crippen molar-refractivity contribution in [1.82, 2.24) is 0 Å². The molecule has 1 aliphatic rings. The summed E-state index contributed by atoms with van der Waals surface area (Å²) in [4.78, 5) is 15.0. The molecule has 0 bridgehead atoms. The molecule has 0 unspecified atom stereocenters. The van der Waals surface area contributed by atoms with Gasteiger partial charge in [-0.2, -0.15) is 0 Å². The summed E-state index contributed by atoms with van der Waals surface area (Å²) in [6.07, 6.45) is 1.68. The fourth-order valence-corrected chi connectivity index (χ4v) is 4.94. The Morgan fingerprint density at radius 2 is 1.52 bits per heavy atom. The van der Waals surface area contributed by atoms with Gasteiger partial charge < -0.3 is 0 Å². The molecular weight excluding hydrogens is 300 g/mol. The van der Waals surface area contributed by atoms with Crippen LogP contribution in [0.1, 0.15) is 84.3 Å². The summed E-state index contributed by atoms with van der Waals surface area (Å²) in [5.74, 6) is 1.25. The molecule has 0 amide bonds. The first-order chi connectivity index (χ1) is 10.6. The Morgan fingerprint density at radius 3 is 1.96 bits per heavy atom. The smallest absolute Gasteiger partial charge is 0.170 e. The van der Waals surface area contributed by atoms with Crippen molar-refractivity contribution < 1.29 is 4.79 Å². The van der Waals surface area contributed by atoms with Gasteiger partial charge in [0, 0.05) is 11.3 Å². The molecule has 2 rings (SSSR count). The average Bonchev–Trinajstić information content (AvgIpc) is 2.41. The van der Waals surface area contributed by atoms with E-state index in [1.165, 1.54) is 21.6 Å². The molecule has 0 saturated carbocycles. The summed E-state index contributed by atoms with van der Waals surface area (Å²) in [5, 5.41) is 0. The van der Waals surface area contributed by atoms with Crippen LogP contribution in [0.25, 0.3) is 0 Å². The predicted octanol–water partition coefficient (Wildman–Crippen LogP) is 6.69. The number of carbonyl (C=O) groups is 1. The topological polar surface area (TPSA) is 17.1 Å². The molecule has 0 N–H and O–H groups in total. The molecule has 1 aliphatic carbocycles. The largest absolute Gasteiger partial charge is 0.294 e. The van der Waals surface area contributed by atoms with Gasteiger partial charge in [-0.25, -0.2) is 0 Å². The zero-order valence-corrected chi connectivity index (χ0v) is 16.4. The van der Waals surface area contributed by atoms with Gasteiger partial charge in [0.05, 0.1) is 4.91 Å². The molecule has 0 heterocycles. The quantitative estimate of drug-likeness (QED) is 0.612. The molecule has 0 aromatic heterocycles. The van der Waals surface area contributed by atoms with Crippen LogP contribution in [0.2, 0.25) is 0 Å². The van der Waals surface area contributed by atoms with E-state index in [0.29, 0.717) is 24.0 Å². The number of allylic oxidation sites excluding steroid dienone is 2. The Hall–Kier alpha value is -1.02. The van der Waals surface area contributed by atoms with Gasteiger partial charge in [-0.05, 0) is 41.7 Å². The van der Waals surface area contributed by atoms with E-state index in [2.05, 4.69) is 66.7 Å². The van der Waals surface area contributed by atoms with E-state index in [4.69, 9.17) is 0 Å². The summed E-state index contributed by atoms with van der Waals surface area (Å²) < 4.78 is 0. The second-order valence-electron chi connectivity index (χ2n) is 8.23. The SMILES string of the molecule is CC1=C(Sc2c(C(C)C)cccc2C(C)C)C(=O)CC(C)(C)C1. The van der Waals surface area contributed by atoms with E-state index in [-0.39, 0.29) is 5.41 Å². The maximum absolute atomic E-state index is 12.7. The molecule has 0 aliphatic heterocycles. The summed E-state index contributed by atoms with van der Waals surface area (Å²) in [7, 11) is 0. The fourth-order valence-electron chi connectivity index (χ4n) is 3.46. The fraction of sp³-hybridized carbons (Fsp3) is 0.571. The number of carbonyl (C=O) groups excluding carboxylic acids is 1. The number of hydrogen-bond acceptors (Lipinski definition) is 2. The summed E-state index contributed by atoms with van der Waals surface area (Å²) in [5.41, 5.74) is 4.08. The molecule has 0 atom stereocenters. The van der Waals surface area contributed by atoms with E-state index < -0.39 is 0 Å². The van der Waals surface area contributed by atoms with Gasteiger partial charge in [0.2, 0.25) is 0 Å². The Kier molecular flexibility index (Phi) is 5.45. The number of benzene rings is 1. The molecule has 1 aromatic carbocycles. The number of hydrogen-bond donors (Lipinski definition) is 0. The van der Waals surface area contributed by atoms with E-state index in [1.807, 2.05) is 0 Å². The van der Waals surface area contributed by atoms with Crippen LogP contribution in [0.4, 0.5) is 0 Å². The van der Waals surface area contributed by atoms with Crippen molar-refractivity contribution in [3.05, 3.63) is 39.8 Å². The van der Waals surface area contributed by atoms with Crippen LogP contribution in [0.3, 0.4) is 0 Å². The molecule has 0 radical (unpaired) electrons. The zero-order valence-electron chi connectivity index (χ0n) is 15.6. The van der Waals surface area contributed by atoms with Gasteiger partial charge in [0.1, 0.15) is 0 Å². The lowest BCUT2D eigenvalue weighted by Crippen LogP contribution is -2.24. The highest BCUT2D eigenvalue weighted by molar-refractivity contribution is 8.04. The van der Waals surface area contributed by atoms with Gasteiger partial charge in [0.25, 0.3) is 0 Å². The van der Waals surface area contributed by atoms with E-state index in [9.17, 15) is 4.79 Å². The second kappa shape index (κ2) is 6.84. The van der Waals surface area contributed by atoms with Crippen LogP contribution in [0, 0.1) is 5.41 Å². The standard InChI is InChI=1S/C21H30OS/c1-13(2)16-9-8-10-17(14(3)4)20(16)23-19-15(5)11-21(6,7)12-18(19)22/h8-10,13-14H,11-12H2,1-7H3. The zero-order chi connectivity index (χ0) is 17.4. The van der Waals surface area contributed by atoms with Crippen LogP contribution < -0.4 is 0 Å². The first-order valence-electron chi connectivity index (χ1n) is 8.66. The third-order valence-corrected chi connectivity index (χ3v) is 6.00. The van der Waals surface area contributed by atoms with Crippen LogP contribution in [-0.2, 0) is 4.79 Å². The number of rotatable bonds is 4. The van der Waals surface area contributed by atoms with Gasteiger partial charge in [-0.3, -0.25) is 4.79 Å². The van der Waals surface area contributed by atoms with Crippen molar-refractivity contribution in [1.29, 1.82) is 0 Å². The normalized spacial score (nSPS) is 18.2. The van der Waals surface area contributed by atoms with Crippen LogP contribution in [-0.4, -0.2) is 5.78 Å². The summed E-state index contributed by atoms with van der Waals surface area (Å²) >= 11 is 1.72. The van der Waals surface area contributed by atoms with Crippen molar-refractivity contribution in [3.63, 3.8) is 0 Å². The highest BCUT2D eigenvalue weighted by Crippen LogP contribution is 2.46. The third kappa shape index (κ3) is 4.09. The predicted molar refractivity (Wildman–Crippen MR) is 101 cm³/mol. The Balaban J connectivity index is 2.49. The van der Waals surface area contributed by atoms with Crippen LogP contribution in [0.15, 0.2) is 33.6 Å². The van der Waals surface area contributed by atoms with Gasteiger partial charge >= 0.3 is 0 Å². The highest BCUT2D eigenvalue weighted by Gasteiger charge is 2.32. The van der Waals surface area contributed by atoms with E-state index in [1.54, 1.807) is 11.8 Å². The lowest BCUT2D eigenvalue weighted by molar-refractivity contribution is -0.117. The number of Topliss-reactive ketones (excluding diaryl/α,β-unsaturated/α-hetero) is 1. The molecule has 1 nitrogen and oxygen atoms in total. The van der Waals surface area contributed by atoms with Gasteiger partial charge in [0.15, 0.2) is 5.78 Å². The van der Waals surface area contributed by atoms with E-state index in [0.717, 1.165) is 11.3 Å². The minimum atomic E-state index is 0.101. The molecule has 0 spiro atoms. The average molecular weight is 331 g/mol. The summed E-state index contributed by atoms with van der Waals surface area (Å²) in [6.45, 7) is 15.4. The lowest BCUT2D eigenvalue weighted by Gasteiger charge is -2.31. The Morgan fingerprint density at radius 1 is 1.00 bits per heavy atom. The maximum Gasteiger partial charge on any atom is 0.170 e. The third-order valence-electron chi connectivity index (χ3n) is 4.55. The summed E-state index contributed by atoms with van der Waals surface area (Å²) in [6, 6.07) is 6.58. The first kappa shape index (κ1) is 18.3. The Bertz CT molecular complexity index is 609. The Labute approximate surface area is 145 Å². The van der Waals surface area contributed by atoms with Crippen LogP contribution >= 0.6 is 11.8 Å². The first-order valence-corrected chi connectivity index (χ1v) is 9.47. The lowest BCUT2D eigenvalue weighted by atomic mass is 9.77. The van der Waals surface area contributed by atoms with Crippen molar-refractivity contribution in [3.8, 4) is 0 Å². The van der Waals surface area contributed by atoms with Gasteiger partial charge in [-0.1, -0.05) is 77.1 Å². The molecule has 0 saturated heterocycles. The van der Waals surface area contributed by atoms with Crippen LogP contribution in [0.5, 0.6) is 0 Å². The number of thioether (sulfide) groups is 1. The minimum Gasteiger partial charge on any atom is -0.294 e. The van der Waals surface area contributed by atoms with Crippen molar-refractivity contribution >= 4 is 17.5 Å². The van der Waals surface area contributed by atoms with E-state index >= 15 is 0 Å². The van der Waals surface area contributed by atoms with Crippen molar-refractivity contribution in [2.45, 2.75) is 78.0 Å². The molecule has 126 valence electrons. The number of ketones is 1. The molecule has 2 heteroatoms. The minimum absolute atomic E-state index is 0.101. The van der Waals surface area contributed by atoms with Crippen molar-refractivity contribution in [2.75, 3.05) is 0 Å². The molecule has 0 fully saturated rings. The molecule has 23 heavy (non-hydrogen) atoms. The molecule has 1 aromatic rings.